The number of hydrogen-bond acceptors (Lipinski definition) is 6. The molecule has 8 heteroatoms. The third-order valence-electron chi connectivity index (χ3n) is 3.44. The Morgan fingerprint density at radius 1 is 1.04 bits per heavy atom. The van der Waals surface area contributed by atoms with Crippen LogP contribution >= 0.6 is 0 Å². The third kappa shape index (κ3) is 6.50. The molecule has 0 aromatic rings. The van der Waals surface area contributed by atoms with Crippen LogP contribution in [0.3, 0.4) is 0 Å². The molecule has 0 unspecified atom stereocenters. The first kappa shape index (κ1) is 19.3. The molecule has 0 radical (unpaired) electrons. The van der Waals surface area contributed by atoms with Gasteiger partial charge in [-0.15, -0.1) is 0 Å². The standard InChI is InChI=1S/C15H22F2O6/c1-10(2)12(18)21-8-9-22-14(20)15(16,17)23-13(19)11-6-4-3-5-7-11/h10-11H,3-9H2,1-2H3. The Bertz CT molecular complexity index is 430. The molecule has 23 heavy (non-hydrogen) atoms. The number of esters is 3. The van der Waals surface area contributed by atoms with Crippen molar-refractivity contribution >= 4 is 17.9 Å². The monoisotopic (exact) mass is 336 g/mol. The van der Waals surface area contributed by atoms with Crippen molar-refractivity contribution in [3.8, 4) is 0 Å². The lowest BCUT2D eigenvalue weighted by Crippen LogP contribution is -2.39. The van der Waals surface area contributed by atoms with Crippen molar-refractivity contribution in [3.05, 3.63) is 0 Å². The number of carbonyl (C=O) groups is 3. The van der Waals surface area contributed by atoms with Crippen LogP contribution in [0, 0.1) is 11.8 Å². The molecule has 0 N–H and O–H groups in total. The van der Waals surface area contributed by atoms with E-state index in [-0.39, 0.29) is 12.5 Å². The second kappa shape index (κ2) is 8.79. The average Bonchev–Trinajstić information content (AvgIpc) is 2.51. The normalized spacial score (nSPS) is 16.0. The van der Waals surface area contributed by atoms with E-state index >= 15 is 0 Å². The summed E-state index contributed by atoms with van der Waals surface area (Å²) in [6.07, 6.45) is -0.869. The lowest BCUT2D eigenvalue weighted by Gasteiger charge is -2.22. The van der Waals surface area contributed by atoms with Crippen LogP contribution in [-0.4, -0.2) is 37.2 Å². The summed E-state index contributed by atoms with van der Waals surface area (Å²) < 4.78 is 40.0. The van der Waals surface area contributed by atoms with Gasteiger partial charge in [-0.05, 0) is 12.8 Å². The zero-order valence-electron chi connectivity index (χ0n) is 13.3. The molecular formula is C15H22F2O6. The fourth-order valence-corrected chi connectivity index (χ4v) is 2.12. The van der Waals surface area contributed by atoms with Crippen LogP contribution in [0.4, 0.5) is 8.78 Å². The Hall–Kier alpha value is -1.73. The fraction of sp³-hybridized carbons (Fsp3) is 0.800. The number of ether oxygens (including phenoxy) is 3. The molecule has 0 aromatic heterocycles. The highest BCUT2D eigenvalue weighted by atomic mass is 19.3. The minimum Gasteiger partial charge on any atom is -0.462 e. The highest BCUT2D eigenvalue weighted by Crippen LogP contribution is 2.28. The number of halogens is 2. The highest BCUT2D eigenvalue weighted by Gasteiger charge is 2.47. The van der Waals surface area contributed by atoms with Crippen molar-refractivity contribution in [2.45, 2.75) is 52.1 Å². The van der Waals surface area contributed by atoms with Gasteiger partial charge < -0.3 is 14.2 Å². The van der Waals surface area contributed by atoms with Crippen molar-refractivity contribution < 1.29 is 37.4 Å². The van der Waals surface area contributed by atoms with Gasteiger partial charge in [0.2, 0.25) is 0 Å². The molecular weight excluding hydrogens is 314 g/mol. The van der Waals surface area contributed by atoms with Crippen LogP contribution in [0.1, 0.15) is 46.0 Å². The predicted molar refractivity (Wildman–Crippen MR) is 74.4 cm³/mol. The highest BCUT2D eigenvalue weighted by molar-refractivity contribution is 5.81. The first-order chi connectivity index (χ1) is 10.7. The van der Waals surface area contributed by atoms with Gasteiger partial charge in [-0.3, -0.25) is 9.59 Å². The molecule has 0 aromatic carbocycles. The molecule has 1 fully saturated rings. The number of rotatable bonds is 7. The molecule has 0 atom stereocenters. The predicted octanol–water partition coefficient (Wildman–Crippen LogP) is 2.45. The third-order valence-corrected chi connectivity index (χ3v) is 3.44. The number of hydrogen-bond donors (Lipinski definition) is 0. The zero-order chi connectivity index (χ0) is 17.5. The summed E-state index contributed by atoms with van der Waals surface area (Å²) in [4.78, 5) is 34.0. The van der Waals surface area contributed by atoms with E-state index in [0.29, 0.717) is 12.8 Å². The molecule has 6 nitrogen and oxygen atoms in total. The summed E-state index contributed by atoms with van der Waals surface area (Å²) in [5.74, 6) is -4.56. The molecule has 1 saturated carbocycles. The van der Waals surface area contributed by atoms with Crippen LogP contribution in [0.2, 0.25) is 0 Å². The second-order valence-corrected chi connectivity index (χ2v) is 5.73. The van der Waals surface area contributed by atoms with E-state index in [9.17, 15) is 23.2 Å². The van der Waals surface area contributed by atoms with Crippen LogP contribution in [0.25, 0.3) is 0 Å². The van der Waals surface area contributed by atoms with E-state index in [0.717, 1.165) is 19.3 Å². The molecule has 0 heterocycles. The van der Waals surface area contributed by atoms with E-state index in [1.807, 2.05) is 0 Å². The first-order valence-corrected chi connectivity index (χ1v) is 7.68. The smallest absolute Gasteiger partial charge is 0.462 e. The van der Waals surface area contributed by atoms with Crippen molar-refractivity contribution in [2.24, 2.45) is 11.8 Å². The quantitative estimate of drug-likeness (QED) is 0.404. The van der Waals surface area contributed by atoms with Gasteiger partial charge in [-0.1, -0.05) is 33.1 Å². The van der Waals surface area contributed by atoms with Crippen molar-refractivity contribution in [1.82, 2.24) is 0 Å². The van der Waals surface area contributed by atoms with Gasteiger partial charge in [-0.25, -0.2) is 4.79 Å². The molecule has 0 spiro atoms. The van der Waals surface area contributed by atoms with Gasteiger partial charge in [0.25, 0.3) is 0 Å². The summed E-state index contributed by atoms with van der Waals surface area (Å²) in [5, 5.41) is 0. The topological polar surface area (TPSA) is 78.9 Å². The van der Waals surface area contributed by atoms with E-state index < -0.39 is 36.5 Å². The van der Waals surface area contributed by atoms with Crippen molar-refractivity contribution in [2.75, 3.05) is 13.2 Å². The largest absolute Gasteiger partial charge is 0.504 e. The fourth-order valence-electron chi connectivity index (χ4n) is 2.12. The Labute approximate surface area is 133 Å². The maximum absolute atomic E-state index is 13.5. The number of alkyl halides is 2. The van der Waals surface area contributed by atoms with Gasteiger partial charge >= 0.3 is 24.0 Å². The second-order valence-electron chi connectivity index (χ2n) is 5.73. The Kier molecular flexibility index (Phi) is 7.38. The maximum atomic E-state index is 13.5. The minimum absolute atomic E-state index is 0.338. The SMILES string of the molecule is CC(C)C(=O)OCCOC(=O)C(F)(F)OC(=O)C1CCCCC1. The molecule has 0 bridgehead atoms. The Morgan fingerprint density at radius 3 is 2.17 bits per heavy atom. The molecule has 0 aliphatic heterocycles. The van der Waals surface area contributed by atoms with Crippen molar-refractivity contribution in [1.29, 1.82) is 0 Å². The van der Waals surface area contributed by atoms with Gasteiger partial charge in [0.05, 0.1) is 11.8 Å². The van der Waals surface area contributed by atoms with Crippen molar-refractivity contribution in [3.63, 3.8) is 0 Å². The summed E-state index contributed by atoms with van der Waals surface area (Å²) in [5.41, 5.74) is 0. The van der Waals surface area contributed by atoms with Gasteiger partial charge in [0, 0.05) is 0 Å². The Morgan fingerprint density at radius 2 is 1.61 bits per heavy atom. The maximum Gasteiger partial charge on any atom is 0.504 e. The summed E-state index contributed by atoms with van der Waals surface area (Å²) in [7, 11) is 0. The van der Waals surface area contributed by atoms with E-state index in [4.69, 9.17) is 0 Å². The first-order valence-electron chi connectivity index (χ1n) is 7.68. The van der Waals surface area contributed by atoms with Gasteiger partial charge in [0.1, 0.15) is 13.2 Å². The minimum atomic E-state index is -4.34. The molecule has 132 valence electrons. The van der Waals surface area contributed by atoms with Crippen LogP contribution in [0.5, 0.6) is 0 Å². The average molecular weight is 336 g/mol. The van der Waals surface area contributed by atoms with E-state index in [1.54, 1.807) is 13.8 Å². The lowest BCUT2D eigenvalue weighted by molar-refractivity contribution is -0.247. The van der Waals surface area contributed by atoms with Gasteiger partial charge in [0.15, 0.2) is 0 Å². The zero-order valence-corrected chi connectivity index (χ0v) is 13.3. The molecule has 1 rings (SSSR count). The van der Waals surface area contributed by atoms with Crippen LogP contribution < -0.4 is 0 Å². The van der Waals surface area contributed by atoms with Crippen LogP contribution in [-0.2, 0) is 28.6 Å². The van der Waals surface area contributed by atoms with E-state index in [2.05, 4.69) is 14.2 Å². The molecule has 1 aliphatic rings. The number of carbonyl (C=O) groups excluding carboxylic acids is 3. The Balaban J connectivity index is 2.34. The van der Waals surface area contributed by atoms with E-state index in [1.165, 1.54) is 0 Å². The van der Waals surface area contributed by atoms with Gasteiger partial charge in [-0.2, -0.15) is 8.78 Å². The molecule has 0 saturated heterocycles. The summed E-state index contributed by atoms with van der Waals surface area (Å²) in [6, 6.07) is 0. The summed E-state index contributed by atoms with van der Waals surface area (Å²) >= 11 is 0. The lowest BCUT2D eigenvalue weighted by atomic mass is 9.89. The summed E-state index contributed by atoms with van der Waals surface area (Å²) in [6.45, 7) is 2.34. The molecule has 1 aliphatic carbocycles. The van der Waals surface area contributed by atoms with Crippen LogP contribution in [0.15, 0.2) is 0 Å². The molecule has 0 amide bonds.